The molecular formula is C27H25N5O. The SMILES string of the molecule is Cc1cn(COCc2ccccc2)nc1Cn1c(C)c(C#N)c(-c2ccc(C#N)cc2)c1C. The summed E-state index contributed by atoms with van der Waals surface area (Å²) in [6, 6.07) is 21.9. The average molecular weight is 436 g/mol. The van der Waals surface area contributed by atoms with Crippen LogP contribution in [0.1, 0.15) is 39.3 Å². The molecule has 0 saturated heterocycles. The first-order valence-corrected chi connectivity index (χ1v) is 10.8. The number of aromatic nitrogens is 3. The molecule has 0 aliphatic rings. The lowest BCUT2D eigenvalue weighted by atomic mass is 10.0. The van der Waals surface area contributed by atoms with Crippen LogP contribution in [0.4, 0.5) is 0 Å². The molecule has 6 heteroatoms. The molecule has 0 amide bonds. The molecule has 0 saturated carbocycles. The minimum Gasteiger partial charge on any atom is -0.355 e. The Balaban J connectivity index is 1.56. The average Bonchev–Trinajstić information content (AvgIpc) is 3.30. The van der Waals surface area contributed by atoms with Gasteiger partial charge in [0.1, 0.15) is 12.8 Å². The van der Waals surface area contributed by atoms with Crippen LogP contribution in [0, 0.1) is 43.4 Å². The summed E-state index contributed by atoms with van der Waals surface area (Å²) < 4.78 is 9.77. The Labute approximate surface area is 193 Å². The van der Waals surface area contributed by atoms with E-state index in [4.69, 9.17) is 15.1 Å². The number of rotatable bonds is 7. The first-order chi connectivity index (χ1) is 16.0. The van der Waals surface area contributed by atoms with Gasteiger partial charge in [0.15, 0.2) is 0 Å². The molecule has 4 rings (SSSR count). The number of hydrogen-bond acceptors (Lipinski definition) is 4. The van der Waals surface area contributed by atoms with Gasteiger partial charge in [0.05, 0.1) is 36.0 Å². The third kappa shape index (κ3) is 4.57. The fraction of sp³-hybridized carbons (Fsp3) is 0.222. The van der Waals surface area contributed by atoms with Gasteiger partial charge in [-0.05, 0) is 49.6 Å². The summed E-state index contributed by atoms with van der Waals surface area (Å²) in [6.07, 6.45) is 1.99. The highest BCUT2D eigenvalue weighted by Crippen LogP contribution is 2.32. The van der Waals surface area contributed by atoms with Gasteiger partial charge in [-0.1, -0.05) is 42.5 Å². The van der Waals surface area contributed by atoms with Crippen molar-refractivity contribution in [3.63, 3.8) is 0 Å². The minimum atomic E-state index is 0.374. The zero-order valence-corrected chi connectivity index (χ0v) is 19.0. The maximum Gasteiger partial charge on any atom is 0.139 e. The zero-order valence-electron chi connectivity index (χ0n) is 19.0. The summed E-state index contributed by atoms with van der Waals surface area (Å²) in [6.45, 7) is 7.51. The van der Waals surface area contributed by atoms with E-state index >= 15 is 0 Å². The third-order valence-electron chi connectivity index (χ3n) is 5.89. The summed E-state index contributed by atoms with van der Waals surface area (Å²) >= 11 is 0. The maximum absolute atomic E-state index is 9.86. The predicted octanol–water partition coefficient (Wildman–Crippen LogP) is 5.24. The summed E-state index contributed by atoms with van der Waals surface area (Å²) in [5.74, 6) is 0. The monoisotopic (exact) mass is 435 g/mol. The Kier molecular flexibility index (Phi) is 6.40. The van der Waals surface area contributed by atoms with Gasteiger partial charge in [-0.15, -0.1) is 0 Å². The van der Waals surface area contributed by atoms with Gasteiger partial charge in [-0.3, -0.25) is 0 Å². The largest absolute Gasteiger partial charge is 0.355 e. The van der Waals surface area contributed by atoms with Gasteiger partial charge in [0.25, 0.3) is 0 Å². The Bertz CT molecular complexity index is 1350. The van der Waals surface area contributed by atoms with E-state index in [1.807, 2.05) is 74.1 Å². The van der Waals surface area contributed by atoms with Gasteiger partial charge < -0.3 is 9.30 Å². The van der Waals surface area contributed by atoms with Gasteiger partial charge in [0.2, 0.25) is 0 Å². The quantitative estimate of drug-likeness (QED) is 0.397. The number of hydrogen-bond donors (Lipinski definition) is 0. The van der Waals surface area contributed by atoms with Gasteiger partial charge >= 0.3 is 0 Å². The molecule has 0 unspecified atom stereocenters. The van der Waals surface area contributed by atoms with Crippen molar-refractivity contribution in [1.29, 1.82) is 10.5 Å². The molecule has 0 spiro atoms. The smallest absolute Gasteiger partial charge is 0.139 e. The van der Waals surface area contributed by atoms with Crippen molar-refractivity contribution in [2.45, 2.75) is 40.7 Å². The normalized spacial score (nSPS) is 10.7. The second kappa shape index (κ2) is 9.56. The molecule has 0 N–H and O–H groups in total. The minimum absolute atomic E-state index is 0.374. The molecule has 164 valence electrons. The van der Waals surface area contributed by atoms with Crippen LogP contribution in [0.3, 0.4) is 0 Å². The van der Waals surface area contributed by atoms with E-state index in [1.165, 1.54) is 0 Å². The summed E-state index contributed by atoms with van der Waals surface area (Å²) in [4.78, 5) is 0. The van der Waals surface area contributed by atoms with Crippen molar-refractivity contribution in [3.05, 3.63) is 100 Å². The molecule has 2 aromatic carbocycles. The molecule has 0 atom stereocenters. The van der Waals surface area contributed by atoms with Crippen LogP contribution in [0.15, 0.2) is 60.8 Å². The number of ether oxygens (including phenoxy) is 1. The Morgan fingerprint density at radius 2 is 1.64 bits per heavy atom. The van der Waals surface area contributed by atoms with Crippen LogP contribution in [0.25, 0.3) is 11.1 Å². The summed E-state index contributed by atoms with van der Waals surface area (Å²) in [7, 11) is 0. The third-order valence-corrected chi connectivity index (χ3v) is 5.89. The molecule has 2 heterocycles. The van der Waals surface area contributed by atoms with E-state index in [0.29, 0.717) is 31.0 Å². The molecule has 33 heavy (non-hydrogen) atoms. The van der Waals surface area contributed by atoms with Crippen LogP contribution >= 0.6 is 0 Å². The summed E-state index contributed by atoms with van der Waals surface area (Å²) in [5.41, 5.74) is 8.14. The van der Waals surface area contributed by atoms with E-state index in [0.717, 1.165) is 39.3 Å². The van der Waals surface area contributed by atoms with Crippen molar-refractivity contribution in [2.75, 3.05) is 0 Å². The predicted molar refractivity (Wildman–Crippen MR) is 126 cm³/mol. The van der Waals surface area contributed by atoms with Crippen molar-refractivity contribution in [2.24, 2.45) is 0 Å². The van der Waals surface area contributed by atoms with Gasteiger partial charge in [0, 0.05) is 23.1 Å². The van der Waals surface area contributed by atoms with Crippen LogP contribution in [0.5, 0.6) is 0 Å². The molecule has 0 aliphatic heterocycles. The van der Waals surface area contributed by atoms with Crippen molar-refractivity contribution < 1.29 is 4.74 Å². The lowest BCUT2D eigenvalue weighted by Crippen LogP contribution is -2.08. The lowest BCUT2D eigenvalue weighted by Gasteiger charge is -2.09. The van der Waals surface area contributed by atoms with Crippen molar-refractivity contribution in [3.8, 4) is 23.3 Å². The van der Waals surface area contributed by atoms with Crippen LogP contribution in [0.2, 0.25) is 0 Å². The first kappa shape index (κ1) is 22.1. The van der Waals surface area contributed by atoms with Crippen LogP contribution in [-0.2, 0) is 24.6 Å². The molecule has 0 bridgehead atoms. The zero-order chi connectivity index (χ0) is 23.4. The van der Waals surface area contributed by atoms with Crippen LogP contribution in [-0.4, -0.2) is 14.3 Å². The topological polar surface area (TPSA) is 79.6 Å². The number of nitriles is 2. The number of aryl methyl sites for hydroxylation is 1. The molecule has 4 aromatic rings. The van der Waals surface area contributed by atoms with Gasteiger partial charge in [-0.25, -0.2) is 4.68 Å². The molecule has 0 aliphatic carbocycles. The molecule has 0 fully saturated rings. The summed E-state index contributed by atoms with van der Waals surface area (Å²) in [5, 5.41) is 23.7. The van der Waals surface area contributed by atoms with E-state index < -0.39 is 0 Å². The van der Waals surface area contributed by atoms with E-state index in [-0.39, 0.29) is 0 Å². The highest BCUT2D eigenvalue weighted by Gasteiger charge is 2.20. The molecule has 6 nitrogen and oxygen atoms in total. The van der Waals surface area contributed by atoms with Crippen LogP contribution < -0.4 is 0 Å². The van der Waals surface area contributed by atoms with E-state index in [2.05, 4.69) is 16.7 Å². The molecule has 0 radical (unpaired) electrons. The maximum atomic E-state index is 9.86. The molecular weight excluding hydrogens is 410 g/mol. The second-order valence-electron chi connectivity index (χ2n) is 8.07. The lowest BCUT2D eigenvalue weighted by molar-refractivity contribution is 0.0558. The van der Waals surface area contributed by atoms with E-state index in [1.54, 1.807) is 12.1 Å². The highest BCUT2D eigenvalue weighted by molar-refractivity contribution is 5.75. The van der Waals surface area contributed by atoms with Gasteiger partial charge in [-0.2, -0.15) is 15.6 Å². The Hall–Kier alpha value is -4.13. The number of nitrogens with zero attached hydrogens (tertiary/aromatic N) is 5. The fourth-order valence-electron chi connectivity index (χ4n) is 4.09. The Morgan fingerprint density at radius 1 is 0.909 bits per heavy atom. The number of benzene rings is 2. The first-order valence-electron chi connectivity index (χ1n) is 10.8. The highest BCUT2D eigenvalue weighted by atomic mass is 16.5. The van der Waals surface area contributed by atoms with E-state index in [9.17, 15) is 5.26 Å². The van der Waals surface area contributed by atoms with Crippen molar-refractivity contribution in [1.82, 2.24) is 14.3 Å². The van der Waals surface area contributed by atoms with Crippen molar-refractivity contribution >= 4 is 0 Å². The molecule has 2 aromatic heterocycles. The Morgan fingerprint density at radius 3 is 2.30 bits per heavy atom. The standard InChI is InChI=1S/C27H25N5O/c1-19-15-31(18-33-17-23-7-5-4-6-8-23)30-26(19)16-32-20(2)25(14-29)27(21(32)3)24-11-9-22(13-28)10-12-24/h4-12,15H,16-18H2,1-3H3. The fourth-order valence-corrected chi connectivity index (χ4v) is 4.09. The second-order valence-corrected chi connectivity index (χ2v) is 8.07.